The van der Waals surface area contributed by atoms with Crippen LogP contribution in [-0.2, 0) is 9.53 Å². The standard InChI is InChI=1S/C11H11F3N2O3/c1-19-10(18)8-9(17)16(6-11(12,13)14)7-4-2-3-5-15(7)8/h2-5,7,18H,6H2,1H3. The maximum atomic E-state index is 12.5. The van der Waals surface area contributed by atoms with Crippen molar-refractivity contribution >= 4 is 5.91 Å². The Morgan fingerprint density at radius 1 is 1.47 bits per heavy atom. The van der Waals surface area contributed by atoms with E-state index in [1.807, 2.05) is 0 Å². The van der Waals surface area contributed by atoms with Crippen LogP contribution in [0.2, 0.25) is 0 Å². The SMILES string of the molecule is COC(O)=C1C(=O)N(CC(F)(F)F)C2C=CC=CN12. The first kappa shape index (κ1) is 13.3. The molecule has 1 saturated heterocycles. The second-order valence-electron chi connectivity index (χ2n) is 3.95. The van der Waals surface area contributed by atoms with Crippen molar-refractivity contribution < 1.29 is 27.8 Å². The molecule has 1 unspecified atom stereocenters. The Kier molecular flexibility index (Phi) is 3.17. The second kappa shape index (κ2) is 4.52. The number of aliphatic hydroxyl groups excluding tert-OH is 1. The van der Waals surface area contributed by atoms with Gasteiger partial charge in [-0.2, -0.15) is 13.2 Å². The Labute approximate surface area is 106 Å². The number of ether oxygens (including phenoxy) is 1. The number of halogens is 3. The van der Waals surface area contributed by atoms with E-state index < -0.39 is 30.7 Å². The van der Waals surface area contributed by atoms with Crippen molar-refractivity contribution in [2.24, 2.45) is 0 Å². The number of hydrogen-bond acceptors (Lipinski definition) is 4. The van der Waals surface area contributed by atoms with Crippen molar-refractivity contribution in [3.8, 4) is 0 Å². The van der Waals surface area contributed by atoms with E-state index in [-0.39, 0.29) is 5.70 Å². The largest absolute Gasteiger partial charge is 0.479 e. The number of allylic oxidation sites excluding steroid dienone is 2. The Bertz CT molecular complexity index is 482. The van der Waals surface area contributed by atoms with Gasteiger partial charge in [-0.25, -0.2) is 0 Å². The molecule has 8 heteroatoms. The zero-order valence-electron chi connectivity index (χ0n) is 9.89. The summed E-state index contributed by atoms with van der Waals surface area (Å²) < 4.78 is 42.0. The molecular weight excluding hydrogens is 265 g/mol. The number of carbonyl (C=O) groups is 1. The number of aliphatic hydroxyl groups is 1. The topological polar surface area (TPSA) is 53.0 Å². The fourth-order valence-corrected chi connectivity index (χ4v) is 1.97. The lowest BCUT2D eigenvalue weighted by atomic mass is 10.3. The summed E-state index contributed by atoms with van der Waals surface area (Å²) in [5.41, 5.74) is -0.308. The molecule has 2 heterocycles. The predicted molar refractivity (Wildman–Crippen MR) is 58.3 cm³/mol. The average molecular weight is 276 g/mol. The summed E-state index contributed by atoms with van der Waals surface area (Å²) >= 11 is 0. The Hall–Kier alpha value is -2.12. The van der Waals surface area contributed by atoms with Crippen LogP contribution in [0.25, 0.3) is 0 Å². The number of hydrogen-bond donors (Lipinski definition) is 1. The summed E-state index contributed by atoms with van der Waals surface area (Å²) in [6.45, 7) is -1.40. The van der Waals surface area contributed by atoms with Gasteiger partial charge in [-0.05, 0) is 12.2 Å². The van der Waals surface area contributed by atoms with Crippen LogP contribution in [0.15, 0.2) is 36.1 Å². The van der Waals surface area contributed by atoms with Crippen LogP contribution in [-0.4, -0.2) is 46.8 Å². The highest BCUT2D eigenvalue weighted by Gasteiger charge is 2.47. The molecule has 5 nitrogen and oxygen atoms in total. The zero-order chi connectivity index (χ0) is 14.2. The van der Waals surface area contributed by atoms with Crippen molar-refractivity contribution in [2.45, 2.75) is 12.3 Å². The number of nitrogens with zero attached hydrogens (tertiary/aromatic N) is 2. The highest BCUT2D eigenvalue weighted by Crippen LogP contribution is 2.32. The Morgan fingerprint density at radius 2 is 2.16 bits per heavy atom. The summed E-state index contributed by atoms with van der Waals surface area (Å²) in [6, 6.07) is 0. The molecule has 104 valence electrons. The van der Waals surface area contributed by atoms with Crippen LogP contribution >= 0.6 is 0 Å². The fraction of sp³-hybridized carbons (Fsp3) is 0.364. The summed E-state index contributed by atoms with van der Waals surface area (Å²) in [5.74, 6) is -1.64. The van der Waals surface area contributed by atoms with Gasteiger partial charge in [0.25, 0.3) is 5.91 Å². The van der Waals surface area contributed by atoms with Crippen molar-refractivity contribution in [2.75, 3.05) is 13.7 Å². The van der Waals surface area contributed by atoms with E-state index in [0.29, 0.717) is 4.90 Å². The van der Waals surface area contributed by atoms with Gasteiger partial charge in [0.2, 0.25) is 0 Å². The molecule has 0 radical (unpaired) electrons. The van der Waals surface area contributed by atoms with E-state index in [1.165, 1.54) is 23.3 Å². The molecule has 0 saturated carbocycles. The minimum atomic E-state index is -4.52. The van der Waals surface area contributed by atoms with E-state index >= 15 is 0 Å². The minimum Gasteiger partial charge on any atom is -0.479 e. The molecule has 0 aliphatic carbocycles. The second-order valence-corrected chi connectivity index (χ2v) is 3.95. The molecule has 0 aromatic rings. The molecule has 1 N–H and O–H groups in total. The molecule has 2 aliphatic heterocycles. The summed E-state index contributed by atoms with van der Waals surface area (Å²) in [5, 5.41) is 9.51. The predicted octanol–water partition coefficient (Wildman–Crippen LogP) is 1.48. The first-order chi connectivity index (χ1) is 8.85. The van der Waals surface area contributed by atoms with Gasteiger partial charge in [0.05, 0.1) is 7.11 Å². The van der Waals surface area contributed by atoms with E-state index in [0.717, 1.165) is 7.11 Å². The van der Waals surface area contributed by atoms with Crippen molar-refractivity contribution in [1.82, 2.24) is 9.80 Å². The summed E-state index contributed by atoms with van der Waals surface area (Å²) in [6.07, 6.45) is 0.484. The number of amides is 1. The van der Waals surface area contributed by atoms with Gasteiger partial charge >= 0.3 is 12.1 Å². The van der Waals surface area contributed by atoms with Crippen LogP contribution in [0, 0.1) is 0 Å². The molecule has 19 heavy (non-hydrogen) atoms. The lowest BCUT2D eigenvalue weighted by molar-refractivity contribution is -0.159. The van der Waals surface area contributed by atoms with Gasteiger partial charge < -0.3 is 19.6 Å². The maximum Gasteiger partial charge on any atom is 0.406 e. The number of alkyl halides is 3. The van der Waals surface area contributed by atoms with E-state index in [4.69, 9.17) is 0 Å². The smallest absolute Gasteiger partial charge is 0.406 e. The molecule has 1 fully saturated rings. The lowest BCUT2D eigenvalue weighted by Crippen LogP contribution is -2.42. The minimum absolute atomic E-state index is 0.308. The quantitative estimate of drug-likeness (QED) is 0.613. The normalized spacial score (nSPS) is 24.8. The third-order valence-corrected chi connectivity index (χ3v) is 2.71. The van der Waals surface area contributed by atoms with Gasteiger partial charge in [-0.3, -0.25) is 4.79 Å². The van der Waals surface area contributed by atoms with Gasteiger partial charge in [0, 0.05) is 6.20 Å². The van der Waals surface area contributed by atoms with Crippen molar-refractivity contribution in [3.05, 3.63) is 36.1 Å². The van der Waals surface area contributed by atoms with Crippen LogP contribution in [0.1, 0.15) is 0 Å². The van der Waals surface area contributed by atoms with Crippen molar-refractivity contribution in [3.63, 3.8) is 0 Å². The molecule has 0 aromatic carbocycles. The molecule has 0 bridgehead atoms. The highest BCUT2D eigenvalue weighted by atomic mass is 19.4. The first-order valence-corrected chi connectivity index (χ1v) is 5.33. The zero-order valence-corrected chi connectivity index (χ0v) is 9.89. The van der Waals surface area contributed by atoms with Gasteiger partial charge in [0.15, 0.2) is 5.70 Å². The molecule has 1 atom stereocenters. The number of fused-ring (bicyclic) bond motifs is 1. The molecule has 2 aliphatic rings. The summed E-state index contributed by atoms with van der Waals surface area (Å²) in [4.78, 5) is 13.8. The van der Waals surface area contributed by atoms with E-state index in [9.17, 15) is 23.1 Å². The third kappa shape index (κ3) is 2.38. The number of rotatable bonds is 2. The Morgan fingerprint density at radius 3 is 2.74 bits per heavy atom. The van der Waals surface area contributed by atoms with Crippen LogP contribution in [0.5, 0.6) is 0 Å². The fourth-order valence-electron chi connectivity index (χ4n) is 1.97. The first-order valence-electron chi connectivity index (χ1n) is 5.33. The third-order valence-electron chi connectivity index (χ3n) is 2.71. The monoisotopic (exact) mass is 276 g/mol. The van der Waals surface area contributed by atoms with Crippen LogP contribution in [0.4, 0.5) is 13.2 Å². The van der Waals surface area contributed by atoms with Gasteiger partial charge in [-0.1, -0.05) is 6.08 Å². The molecule has 0 spiro atoms. The van der Waals surface area contributed by atoms with Gasteiger partial charge in [-0.15, -0.1) is 0 Å². The van der Waals surface area contributed by atoms with Crippen LogP contribution in [0.3, 0.4) is 0 Å². The van der Waals surface area contributed by atoms with E-state index in [1.54, 1.807) is 6.08 Å². The molecule has 0 aromatic heterocycles. The average Bonchev–Trinajstić information content (AvgIpc) is 2.60. The van der Waals surface area contributed by atoms with Crippen molar-refractivity contribution in [1.29, 1.82) is 0 Å². The Balaban J connectivity index is 2.40. The molecule has 1 amide bonds. The number of carbonyl (C=O) groups excluding carboxylic acids is 1. The number of methoxy groups -OCH3 is 1. The molecule has 2 rings (SSSR count). The molecular formula is C11H11F3N2O3. The van der Waals surface area contributed by atoms with E-state index in [2.05, 4.69) is 4.74 Å². The lowest BCUT2D eigenvalue weighted by Gasteiger charge is -2.28. The van der Waals surface area contributed by atoms with Crippen LogP contribution < -0.4 is 0 Å². The van der Waals surface area contributed by atoms with Gasteiger partial charge in [0.1, 0.15) is 12.7 Å². The highest BCUT2D eigenvalue weighted by molar-refractivity contribution is 5.96. The summed E-state index contributed by atoms with van der Waals surface area (Å²) in [7, 11) is 1.13. The maximum absolute atomic E-state index is 12.5.